The van der Waals surface area contributed by atoms with E-state index in [4.69, 9.17) is 11.6 Å². The molecule has 2 aromatic carbocycles. The highest BCUT2D eigenvalue weighted by Gasteiger charge is 2.05. The van der Waals surface area contributed by atoms with Crippen LogP contribution in [0.4, 0.5) is 16.2 Å². The second-order valence-electron chi connectivity index (χ2n) is 4.56. The second kappa shape index (κ2) is 7.42. The van der Waals surface area contributed by atoms with Crippen LogP contribution in [0.5, 0.6) is 0 Å². The number of nitro groups is 1. The first kappa shape index (κ1) is 15.8. The summed E-state index contributed by atoms with van der Waals surface area (Å²) in [4.78, 5) is 21.8. The summed E-state index contributed by atoms with van der Waals surface area (Å²) in [7, 11) is 0. The number of anilines is 1. The van der Waals surface area contributed by atoms with Gasteiger partial charge >= 0.3 is 6.03 Å². The van der Waals surface area contributed by atoms with E-state index in [2.05, 4.69) is 10.6 Å². The predicted molar refractivity (Wildman–Crippen MR) is 85.3 cm³/mol. The van der Waals surface area contributed by atoms with Crippen molar-refractivity contribution in [3.63, 3.8) is 0 Å². The van der Waals surface area contributed by atoms with Crippen molar-refractivity contribution in [2.45, 2.75) is 6.42 Å². The van der Waals surface area contributed by atoms with Gasteiger partial charge in [-0.15, -0.1) is 0 Å². The molecule has 0 aliphatic carbocycles. The lowest BCUT2D eigenvalue weighted by atomic mass is 10.1. The number of nitrogens with zero attached hydrogens (tertiary/aromatic N) is 1. The zero-order valence-electron chi connectivity index (χ0n) is 11.6. The highest BCUT2D eigenvalue weighted by atomic mass is 35.5. The van der Waals surface area contributed by atoms with Gasteiger partial charge < -0.3 is 10.6 Å². The Morgan fingerprint density at radius 3 is 2.32 bits per heavy atom. The fourth-order valence-electron chi connectivity index (χ4n) is 1.81. The van der Waals surface area contributed by atoms with Crippen LogP contribution in [-0.4, -0.2) is 17.5 Å². The number of nitrogens with one attached hydrogen (secondary N) is 2. The van der Waals surface area contributed by atoms with Crippen LogP contribution in [0.25, 0.3) is 0 Å². The van der Waals surface area contributed by atoms with Crippen molar-refractivity contribution in [1.82, 2.24) is 5.32 Å². The predicted octanol–water partition coefficient (Wildman–Crippen LogP) is 3.61. The second-order valence-corrected chi connectivity index (χ2v) is 5.00. The van der Waals surface area contributed by atoms with Gasteiger partial charge in [0.2, 0.25) is 0 Å². The lowest BCUT2D eigenvalue weighted by molar-refractivity contribution is -0.384. The zero-order valence-corrected chi connectivity index (χ0v) is 12.3. The number of amides is 2. The molecule has 0 atom stereocenters. The fraction of sp³-hybridized carbons (Fsp3) is 0.133. The first-order chi connectivity index (χ1) is 10.5. The van der Waals surface area contributed by atoms with Gasteiger partial charge in [0.25, 0.3) is 5.69 Å². The minimum absolute atomic E-state index is 0.0530. The third-order valence-electron chi connectivity index (χ3n) is 2.95. The van der Waals surface area contributed by atoms with Crippen LogP contribution < -0.4 is 10.6 Å². The SMILES string of the molecule is O=C(NCCc1ccc([N+](=O)[O-])cc1)Nc1ccc(Cl)cc1. The molecule has 0 aromatic heterocycles. The van der Waals surface area contributed by atoms with Crippen LogP contribution in [0.3, 0.4) is 0 Å². The van der Waals surface area contributed by atoms with Crippen LogP contribution in [0, 0.1) is 10.1 Å². The fourth-order valence-corrected chi connectivity index (χ4v) is 1.94. The number of halogens is 1. The van der Waals surface area contributed by atoms with E-state index < -0.39 is 4.92 Å². The molecule has 22 heavy (non-hydrogen) atoms. The Morgan fingerprint density at radius 1 is 1.09 bits per heavy atom. The summed E-state index contributed by atoms with van der Waals surface area (Å²) in [5.74, 6) is 0. The Morgan fingerprint density at radius 2 is 1.73 bits per heavy atom. The normalized spacial score (nSPS) is 10.0. The maximum Gasteiger partial charge on any atom is 0.319 e. The lowest BCUT2D eigenvalue weighted by Gasteiger charge is -2.07. The number of urea groups is 1. The molecule has 0 spiro atoms. The molecule has 2 rings (SSSR count). The number of nitro benzene ring substituents is 1. The average Bonchev–Trinajstić information content (AvgIpc) is 2.50. The topological polar surface area (TPSA) is 84.3 Å². The van der Waals surface area contributed by atoms with Gasteiger partial charge in [0.05, 0.1) is 4.92 Å². The molecule has 0 saturated carbocycles. The summed E-state index contributed by atoms with van der Waals surface area (Å²) >= 11 is 5.76. The van der Waals surface area contributed by atoms with Crippen molar-refractivity contribution >= 4 is 29.0 Å². The van der Waals surface area contributed by atoms with E-state index in [-0.39, 0.29) is 11.7 Å². The number of non-ortho nitro benzene ring substituents is 1. The molecule has 7 heteroatoms. The maximum absolute atomic E-state index is 11.7. The van der Waals surface area contributed by atoms with Crippen LogP contribution >= 0.6 is 11.6 Å². The van der Waals surface area contributed by atoms with Crippen molar-refractivity contribution < 1.29 is 9.72 Å². The van der Waals surface area contributed by atoms with Crippen LogP contribution in [0.1, 0.15) is 5.56 Å². The molecule has 0 bridgehead atoms. The number of rotatable bonds is 5. The summed E-state index contributed by atoms with van der Waals surface area (Å²) in [6.45, 7) is 0.428. The molecule has 0 radical (unpaired) electrons. The van der Waals surface area contributed by atoms with E-state index in [1.54, 1.807) is 36.4 Å². The lowest BCUT2D eigenvalue weighted by Crippen LogP contribution is -2.30. The minimum atomic E-state index is -0.443. The Bertz CT molecular complexity index is 657. The van der Waals surface area contributed by atoms with Crippen molar-refractivity contribution in [1.29, 1.82) is 0 Å². The summed E-state index contributed by atoms with van der Waals surface area (Å²) in [6.07, 6.45) is 0.589. The minimum Gasteiger partial charge on any atom is -0.338 e. The first-order valence-corrected chi connectivity index (χ1v) is 6.96. The molecule has 0 unspecified atom stereocenters. The molecule has 2 amide bonds. The summed E-state index contributed by atoms with van der Waals surface area (Å²) in [5, 5.41) is 16.5. The van der Waals surface area contributed by atoms with Gasteiger partial charge in [0, 0.05) is 29.4 Å². The van der Waals surface area contributed by atoms with Gasteiger partial charge in [0.1, 0.15) is 0 Å². The Balaban J connectivity index is 1.77. The largest absolute Gasteiger partial charge is 0.338 e. The molecule has 0 heterocycles. The van der Waals surface area contributed by atoms with Gasteiger partial charge in [-0.25, -0.2) is 4.79 Å². The molecule has 0 aliphatic rings. The molecular weight excluding hydrogens is 306 g/mol. The van der Waals surface area contributed by atoms with Crippen molar-refractivity contribution in [2.24, 2.45) is 0 Å². The third-order valence-corrected chi connectivity index (χ3v) is 3.20. The van der Waals surface area contributed by atoms with Gasteiger partial charge in [0.15, 0.2) is 0 Å². The molecule has 2 aromatic rings. The highest BCUT2D eigenvalue weighted by Crippen LogP contribution is 2.13. The van der Waals surface area contributed by atoms with Gasteiger partial charge in [-0.1, -0.05) is 23.7 Å². The Kier molecular flexibility index (Phi) is 5.32. The summed E-state index contributed by atoms with van der Waals surface area (Å²) < 4.78 is 0. The van der Waals surface area contributed by atoms with Crippen molar-refractivity contribution in [2.75, 3.05) is 11.9 Å². The van der Waals surface area contributed by atoms with Crippen molar-refractivity contribution in [3.8, 4) is 0 Å². The molecular formula is C15H14ClN3O3. The van der Waals surface area contributed by atoms with Crippen LogP contribution in [0.2, 0.25) is 5.02 Å². The average molecular weight is 320 g/mol. The monoisotopic (exact) mass is 319 g/mol. The first-order valence-electron chi connectivity index (χ1n) is 6.58. The van der Waals surface area contributed by atoms with Gasteiger partial charge in [-0.3, -0.25) is 10.1 Å². The van der Waals surface area contributed by atoms with E-state index in [9.17, 15) is 14.9 Å². The van der Waals surface area contributed by atoms with E-state index >= 15 is 0 Å². The number of hydrogen-bond donors (Lipinski definition) is 2. The number of carbonyl (C=O) groups is 1. The number of hydrogen-bond acceptors (Lipinski definition) is 3. The van der Waals surface area contributed by atoms with Gasteiger partial charge in [-0.2, -0.15) is 0 Å². The third kappa shape index (κ3) is 4.75. The summed E-state index contributed by atoms with van der Waals surface area (Å²) in [5.41, 5.74) is 1.62. The number of benzene rings is 2. The van der Waals surface area contributed by atoms with Gasteiger partial charge in [-0.05, 0) is 36.2 Å². The Labute approximate surface area is 132 Å². The molecule has 0 fully saturated rings. The van der Waals surface area contributed by atoms with Crippen LogP contribution in [-0.2, 0) is 6.42 Å². The van der Waals surface area contributed by atoms with E-state index in [1.165, 1.54) is 12.1 Å². The number of carbonyl (C=O) groups excluding carboxylic acids is 1. The van der Waals surface area contributed by atoms with E-state index in [0.29, 0.717) is 23.7 Å². The van der Waals surface area contributed by atoms with E-state index in [1.807, 2.05) is 0 Å². The molecule has 0 aliphatic heterocycles. The molecule has 2 N–H and O–H groups in total. The molecule has 114 valence electrons. The molecule has 6 nitrogen and oxygen atoms in total. The standard InChI is InChI=1S/C15H14ClN3O3/c16-12-3-5-13(6-4-12)18-15(20)17-10-9-11-1-7-14(8-2-11)19(21)22/h1-8H,9-10H2,(H2,17,18,20). The highest BCUT2D eigenvalue weighted by molar-refractivity contribution is 6.30. The van der Waals surface area contributed by atoms with Crippen molar-refractivity contribution in [3.05, 3.63) is 69.2 Å². The quantitative estimate of drug-likeness (QED) is 0.652. The molecule has 0 saturated heterocycles. The summed E-state index contributed by atoms with van der Waals surface area (Å²) in [6, 6.07) is 12.7. The van der Waals surface area contributed by atoms with E-state index in [0.717, 1.165) is 5.56 Å². The smallest absolute Gasteiger partial charge is 0.319 e. The zero-order chi connectivity index (χ0) is 15.9. The maximum atomic E-state index is 11.7. The van der Waals surface area contributed by atoms with Crippen LogP contribution in [0.15, 0.2) is 48.5 Å². The Hall–Kier alpha value is -2.60.